The Morgan fingerprint density at radius 3 is 2.78 bits per heavy atom. The van der Waals surface area contributed by atoms with Crippen LogP contribution in [0.4, 0.5) is 0 Å². The number of nitrogens with one attached hydrogen (secondary N) is 2. The first-order valence-electron chi connectivity index (χ1n) is 7.50. The fourth-order valence-corrected chi connectivity index (χ4v) is 3.02. The molecule has 1 unspecified atom stereocenters. The average Bonchev–Trinajstić information content (AvgIpc) is 2.89. The maximum absolute atomic E-state index is 12.5. The lowest BCUT2D eigenvalue weighted by Gasteiger charge is -2.24. The number of aromatic nitrogens is 3. The van der Waals surface area contributed by atoms with Crippen LogP contribution in [0.5, 0.6) is 0 Å². The van der Waals surface area contributed by atoms with Crippen molar-refractivity contribution in [2.24, 2.45) is 0 Å². The molecule has 23 heavy (non-hydrogen) atoms. The third-order valence-electron chi connectivity index (χ3n) is 3.33. The number of hydrogen-bond acceptors (Lipinski definition) is 5. The number of hydrogen-bond donors (Lipinski definition) is 2. The van der Waals surface area contributed by atoms with Crippen molar-refractivity contribution in [2.75, 3.05) is 26.4 Å². The molecule has 0 aliphatic carbocycles. The van der Waals surface area contributed by atoms with Crippen LogP contribution >= 0.6 is 11.8 Å². The second-order valence-corrected chi connectivity index (χ2v) is 6.69. The molecule has 1 amide bonds. The number of benzene rings is 1. The maximum Gasteiger partial charge on any atom is 0.241 e. The minimum Gasteiger partial charge on any atom is -0.354 e. The zero-order chi connectivity index (χ0) is 16.8. The van der Waals surface area contributed by atoms with E-state index in [1.165, 1.54) is 11.8 Å². The van der Waals surface area contributed by atoms with Gasteiger partial charge in [-0.25, -0.2) is 4.98 Å². The van der Waals surface area contributed by atoms with Crippen molar-refractivity contribution in [3.63, 3.8) is 0 Å². The molecule has 0 aliphatic heterocycles. The highest BCUT2D eigenvalue weighted by Gasteiger charge is 2.22. The van der Waals surface area contributed by atoms with Crippen LogP contribution in [0, 0.1) is 13.8 Å². The molecule has 0 spiro atoms. The van der Waals surface area contributed by atoms with Crippen molar-refractivity contribution < 1.29 is 4.79 Å². The van der Waals surface area contributed by atoms with Crippen LogP contribution in [0.1, 0.15) is 23.0 Å². The van der Waals surface area contributed by atoms with Crippen LogP contribution < -0.4 is 5.32 Å². The molecule has 0 saturated carbocycles. The first kappa shape index (κ1) is 17.5. The standard InChI is InChI=1S/C16H23N5OS/c1-11-6-5-7-13(10-11)14(21(3)4)15(22)17-8-9-23-16-18-12(2)19-20-16/h5-7,10,14H,8-9H2,1-4H3,(H,17,22)(H,18,19,20). The van der Waals surface area contributed by atoms with Gasteiger partial charge in [0.05, 0.1) is 0 Å². The Balaban J connectivity index is 1.88. The molecular formula is C16H23N5OS. The van der Waals surface area contributed by atoms with Gasteiger partial charge in [-0.3, -0.25) is 14.8 Å². The summed E-state index contributed by atoms with van der Waals surface area (Å²) < 4.78 is 0. The molecule has 1 atom stereocenters. The van der Waals surface area contributed by atoms with Gasteiger partial charge in [-0.15, -0.1) is 5.10 Å². The number of carbonyl (C=O) groups is 1. The Bertz CT molecular complexity index is 655. The minimum atomic E-state index is -0.286. The van der Waals surface area contributed by atoms with Crippen molar-refractivity contribution in [3.05, 3.63) is 41.2 Å². The van der Waals surface area contributed by atoms with Gasteiger partial charge in [-0.2, -0.15) is 0 Å². The summed E-state index contributed by atoms with van der Waals surface area (Å²) in [5.74, 6) is 1.54. The Morgan fingerprint density at radius 1 is 1.39 bits per heavy atom. The molecule has 0 radical (unpaired) electrons. The third kappa shape index (κ3) is 5.07. The molecule has 2 aromatic rings. The fourth-order valence-electron chi connectivity index (χ4n) is 2.32. The van der Waals surface area contributed by atoms with E-state index in [1.54, 1.807) is 0 Å². The zero-order valence-electron chi connectivity index (χ0n) is 14.0. The van der Waals surface area contributed by atoms with E-state index < -0.39 is 0 Å². The van der Waals surface area contributed by atoms with Crippen LogP contribution in [0.2, 0.25) is 0 Å². The van der Waals surface area contributed by atoms with Crippen LogP contribution in [-0.4, -0.2) is 52.4 Å². The predicted molar refractivity (Wildman–Crippen MR) is 92.5 cm³/mol. The molecule has 2 N–H and O–H groups in total. The lowest BCUT2D eigenvalue weighted by atomic mass is 10.0. The average molecular weight is 333 g/mol. The zero-order valence-corrected chi connectivity index (χ0v) is 14.8. The number of H-pyrrole nitrogens is 1. The number of aromatic amines is 1. The van der Waals surface area contributed by atoms with Gasteiger partial charge in [0.15, 0.2) is 0 Å². The molecule has 0 fully saturated rings. The summed E-state index contributed by atoms with van der Waals surface area (Å²) in [6, 6.07) is 7.77. The van der Waals surface area contributed by atoms with Gasteiger partial charge < -0.3 is 5.32 Å². The molecule has 6 nitrogen and oxygen atoms in total. The Kier molecular flexibility index (Phi) is 6.18. The van der Waals surface area contributed by atoms with Crippen LogP contribution in [0.3, 0.4) is 0 Å². The molecule has 1 aromatic carbocycles. The summed E-state index contributed by atoms with van der Waals surface area (Å²) in [5.41, 5.74) is 2.16. The third-order valence-corrected chi connectivity index (χ3v) is 4.18. The largest absolute Gasteiger partial charge is 0.354 e. The SMILES string of the molecule is Cc1cccc(C(C(=O)NCCSc2n[nH]c(C)n2)N(C)C)c1. The highest BCUT2D eigenvalue weighted by molar-refractivity contribution is 7.99. The number of rotatable bonds is 7. The van der Waals surface area contributed by atoms with E-state index in [0.717, 1.165) is 22.7 Å². The van der Waals surface area contributed by atoms with Crippen molar-refractivity contribution in [3.8, 4) is 0 Å². The summed E-state index contributed by atoms with van der Waals surface area (Å²) in [4.78, 5) is 18.7. The van der Waals surface area contributed by atoms with E-state index in [4.69, 9.17) is 0 Å². The number of carbonyl (C=O) groups excluding carboxylic acids is 1. The fraction of sp³-hybridized carbons (Fsp3) is 0.438. The monoisotopic (exact) mass is 333 g/mol. The van der Waals surface area contributed by atoms with Crippen molar-refractivity contribution in [2.45, 2.75) is 25.0 Å². The maximum atomic E-state index is 12.5. The Labute approximate surface area is 141 Å². The molecule has 0 bridgehead atoms. The van der Waals surface area contributed by atoms with Gasteiger partial charge >= 0.3 is 0 Å². The normalized spacial score (nSPS) is 12.4. The Hall–Kier alpha value is -1.86. The number of likely N-dealkylation sites (N-methyl/N-ethyl adjacent to an activating group) is 1. The van der Waals surface area contributed by atoms with Gasteiger partial charge in [0.1, 0.15) is 11.9 Å². The van der Waals surface area contributed by atoms with E-state index in [2.05, 4.69) is 26.6 Å². The van der Waals surface area contributed by atoms with Gasteiger partial charge in [0.2, 0.25) is 11.1 Å². The number of thioether (sulfide) groups is 1. The number of aryl methyl sites for hydroxylation is 2. The summed E-state index contributed by atoms with van der Waals surface area (Å²) in [6.45, 7) is 4.47. The molecule has 0 saturated heterocycles. The van der Waals surface area contributed by atoms with Gasteiger partial charge in [0, 0.05) is 12.3 Å². The molecule has 124 valence electrons. The Morgan fingerprint density at radius 2 is 2.17 bits per heavy atom. The molecule has 2 rings (SSSR count). The van der Waals surface area contributed by atoms with Gasteiger partial charge in [0.25, 0.3) is 0 Å². The van der Waals surface area contributed by atoms with Crippen LogP contribution in [0.15, 0.2) is 29.4 Å². The first-order chi connectivity index (χ1) is 11.0. The van der Waals surface area contributed by atoms with Gasteiger partial charge in [-0.05, 0) is 33.5 Å². The highest BCUT2D eigenvalue weighted by atomic mass is 32.2. The lowest BCUT2D eigenvalue weighted by Crippen LogP contribution is -2.38. The highest BCUT2D eigenvalue weighted by Crippen LogP contribution is 2.19. The topological polar surface area (TPSA) is 73.9 Å². The van der Waals surface area contributed by atoms with Crippen molar-refractivity contribution in [1.82, 2.24) is 25.4 Å². The quantitative estimate of drug-likeness (QED) is 0.598. The minimum absolute atomic E-state index is 0.00682. The molecule has 7 heteroatoms. The van der Waals surface area contributed by atoms with E-state index >= 15 is 0 Å². The smallest absolute Gasteiger partial charge is 0.241 e. The second-order valence-electron chi connectivity index (χ2n) is 5.62. The summed E-state index contributed by atoms with van der Waals surface area (Å²) in [5, 5.41) is 10.6. The van der Waals surface area contributed by atoms with Gasteiger partial charge in [-0.1, -0.05) is 41.6 Å². The van der Waals surface area contributed by atoms with Crippen molar-refractivity contribution in [1.29, 1.82) is 0 Å². The molecule has 1 aromatic heterocycles. The van der Waals surface area contributed by atoms with E-state index in [-0.39, 0.29) is 11.9 Å². The molecule has 0 aliphatic rings. The summed E-state index contributed by atoms with van der Waals surface area (Å²) >= 11 is 1.52. The van der Waals surface area contributed by atoms with Crippen LogP contribution in [-0.2, 0) is 4.79 Å². The predicted octanol–water partition coefficient (Wildman–Crippen LogP) is 1.93. The van der Waals surface area contributed by atoms with E-state index in [1.807, 2.05) is 51.0 Å². The summed E-state index contributed by atoms with van der Waals surface area (Å²) in [6.07, 6.45) is 0. The molecular weight excluding hydrogens is 310 g/mol. The second kappa shape index (κ2) is 8.12. The van der Waals surface area contributed by atoms with Crippen molar-refractivity contribution >= 4 is 17.7 Å². The molecule has 1 heterocycles. The number of amides is 1. The van der Waals surface area contributed by atoms with Crippen LogP contribution in [0.25, 0.3) is 0 Å². The first-order valence-corrected chi connectivity index (χ1v) is 8.48. The number of nitrogens with zero attached hydrogens (tertiary/aromatic N) is 3. The lowest BCUT2D eigenvalue weighted by molar-refractivity contribution is -0.125. The van der Waals surface area contributed by atoms with E-state index in [9.17, 15) is 4.79 Å². The summed E-state index contributed by atoms with van der Waals surface area (Å²) in [7, 11) is 3.83. The van der Waals surface area contributed by atoms with E-state index in [0.29, 0.717) is 11.7 Å².